The van der Waals surface area contributed by atoms with E-state index in [1.165, 1.54) is 0 Å². The molecule has 1 N–H and O–H groups in total. The highest BCUT2D eigenvalue weighted by atomic mass is 16.5. The first-order valence-electron chi connectivity index (χ1n) is 6.86. The maximum absolute atomic E-state index is 12.5. The van der Waals surface area contributed by atoms with Crippen LogP contribution in [0, 0.1) is 13.8 Å². The number of aromatic nitrogens is 3. The number of nitrogens with zero attached hydrogens (tertiary/aromatic N) is 3. The van der Waals surface area contributed by atoms with Crippen LogP contribution in [0.2, 0.25) is 0 Å². The molecule has 3 rings (SSSR count). The summed E-state index contributed by atoms with van der Waals surface area (Å²) in [6.07, 6.45) is 1.57. The molecule has 112 valence electrons. The lowest BCUT2D eigenvalue weighted by Gasteiger charge is -2.09. The first-order valence-corrected chi connectivity index (χ1v) is 6.86. The Kier molecular flexibility index (Phi) is 3.50. The Balaban J connectivity index is 1.93. The number of hydrogen-bond acceptors (Lipinski definition) is 4. The number of amides is 1. The van der Waals surface area contributed by atoms with Crippen LogP contribution in [-0.2, 0) is 0 Å². The highest BCUT2D eigenvalue weighted by Crippen LogP contribution is 2.18. The van der Waals surface area contributed by atoms with E-state index in [-0.39, 0.29) is 5.91 Å². The SMILES string of the molecule is COc1cccc(NC(=O)c2cnc3cc(C)nn3c2C)c1. The molecule has 22 heavy (non-hydrogen) atoms. The fourth-order valence-electron chi connectivity index (χ4n) is 2.28. The van der Waals surface area contributed by atoms with Gasteiger partial charge in [0.05, 0.1) is 24.1 Å². The van der Waals surface area contributed by atoms with E-state index in [9.17, 15) is 4.79 Å². The molecule has 0 radical (unpaired) electrons. The van der Waals surface area contributed by atoms with Gasteiger partial charge in [0.25, 0.3) is 5.91 Å². The number of rotatable bonds is 3. The van der Waals surface area contributed by atoms with Crippen LogP contribution in [0.15, 0.2) is 36.5 Å². The zero-order valence-corrected chi connectivity index (χ0v) is 12.6. The zero-order valence-electron chi connectivity index (χ0n) is 12.6. The van der Waals surface area contributed by atoms with Crippen molar-refractivity contribution in [3.8, 4) is 5.75 Å². The van der Waals surface area contributed by atoms with Crippen LogP contribution < -0.4 is 10.1 Å². The second-order valence-corrected chi connectivity index (χ2v) is 5.00. The Bertz CT molecular complexity index is 854. The lowest BCUT2D eigenvalue weighted by atomic mass is 10.2. The van der Waals surface area contributed by atoms with E-state index >= 15 is 0 Å². The summed E-state index contributed by atoms with van der Waals surface area (Å²) in [5.74, 6) is 0.458. The molecular weight excluding hydrogens is 280 g/mol. The van der Waals surface area contributed by atoms with Crippen molar-refractivity contribution in [2.45, 2.75) is 13.8 Å². The third-order valence-electron chi connectivity index (χ3n) is 3.42. The van der Waals surface area contributed by atoms with Gasteiger partial charge in [-0.3, -0.25) is 4.79 Å². The fraction of sp³-hybridized carbons (Fsp3) is 0.188. The van der Waals surface area contributed by atoms with Crippen LogP contribution in [0.1, 0.15) is 21.7 Å². The van der Waals surface area contributed by atoms with Gasteiger partial charge in [-0.1, -0.05) is 6.07 Å². The van der Waals surface area contributed by atoms with Gasteiger partial charge in [0, 0.05) is 24.0 Å². The van der Waals surface area contributed by atoms with E-state index in [4.69, 9.17) is 4.74 Å². The molecule has 6 heteroatoms. The van der Waals surface area contributed by atoms with Crippen LogP contribution in [0.3, 0.4) is 0 Å². The molecule has 0 bridgehead atoms. The van der Waals surface area contributed by atoms with E-state index in [1.807, 2.05) is 32.0 Å². The molecule has 0 saturated carbocycles. The Morgan fingerprint density at radius 2 is 2.09 bits per heavy atom. The predicted molar refractivity (Wildman–Crippen MR) is 83.4 cm³/mol. The van der Waals surface area contributed by atoms with Crippen molar-refractivity contribution in [1.82, 2.24) is 14.6 Å². The maximum atomic E-state index is 12.5. The average molecular weight is 296 g/mol. The highest BCUT2D eigenvalue weighted by Gasteiger charge is 2.14. The Morgan fingerprint density at radius 3 is 2.86 bits per heavy atom. The first kappa shape index (κ1) is 14.1. The van der Waals surface area contributed by atoms with Crippen molar-refractivity contribution in [2.75, 3.05) is 12.4 Å². The molecule has 2 heterocycles. The minimum Gasteiger partial charge on any atom is -0.497 e. The molecule has 2 aromatic heterocycles. The van der Waals surface area contributed by atoms with Gasteiger partial charge < -0.3 is 10.1 Å². The van der Waals surface area contributed by atoms with E-state index < -0.39 is 0 Å². The predicted octanol–water partition coefficient (Wildman–Crippen LogP) is 2.61. The van der Waals surface area contributed by atoms with Crippen molar-refractivity contribution in [3.63, 3.8) is 0 Å². The van der Waals surface area contributed by atoms with Crippen molar-refractivity contribution in [3.05, 3.63) is 53.5 Å². The van der Waals surface area contributed by atoms with Gasteiger partial charge in [0.15, 0.2) is 5.65 Å². The summed E-state index contributed by atoms with van der Waals surface area (Å²) in [6, 6.07) is 9.08. The van der Waals surface area contributed by atoms with Gasteiger partial charge in [0.1, 0.15) is 5.75 Å². The number of hydrogen-bond donors (Lipinski definition) is 1. The van der Waals surface area contributed by atoms with Crippen LogP contribution >= 0.6 is 0 Å². The molecule has 0 aliphatic carbocycles. The first-order chi connectivity index (χ1) is 10.6. The lowest BCUT2D eigenvalue weighted by molar-refractivity contribution is 0.102. The number of anilines is 1. The molecule has 1 amide bonds. The van der Waals surface area contributed by atoms with Gasteiger partial charge in [-0.15, -0.1) is 0 Å². The number of fused-ring (bicyclic) bond motifs is 1. The third-order valence-corrected chi connectivity index (χ3v) is 3.42. The third kappa shape index (κ3) is 2.50. The van der Waals surface area contributed by atoms with Crippen LogP contribution in [0.25, 0.3) is 5.65 Å². The van der Waals surface area contributed by atoms with E-state index in [0.29, 0.717) is 17.0 Å². The van der Waals surface area contributed by atoms with Gasteiger partial charge >= 0.3 is 0 Å². The van der Waals surface area contributed by atoms with Crippen LogP contribution in [0.5, 0.6) is 5.75 Å². The van der Waals surface area contributed by atoms with E-state index in [2.05, 4.69) is 15.4 Å². The number of carbonyl (C=O) groups excluding carboxylic acids is 1. The van der Waals surface area contributed by atoms with Crippen LogP contribution in [0.4, 0.5) is 5.69 Å². The quantitative estimate of drug-likeness (QED) is 0.806. The van der Waals surface area contributed by atoms with Crippen molar-refractivity contribution < 1.29 is 9.53 Å². The molecule has 0 aliphatic rings. The van der Waals surface area contributed by atoms with Crippen molar-refractivity contribution in [2.24, 2.45) is 0 Å². The van der Waals surface area contributed by atoms with Crippen molar-refractivity contribution in [1.29, 1.82) is 0 Å². The Labute approximate surface area is 127 Å². The Hall–Kier alpha value is -2.89. The number of nitrogens with one attached hydrogen (secondary N) is 1. The summed E-state index contributed by atoms with van der Waals surface area (Å²) in [5, 5.41) is 7.19. The zero-order chi connectivity index (χ0) is 15.7. The molecular formula is C16H16N4O2. The standard InChI is InChI=1S/C16H16N4O2/c1-10-7-15-17-9-14(11(2)20(15)19-10)16(21)18-12-5-4-6-13(8-12)22-3/h4-9H,1-3H3,(H,18,21). The van der Waals surface area contributed by atoms with E-state index in [0.717, 1.165) is 17.0 Å². The molecule has 0 aliphatic heterocycles. The fourth-order valence-corrected chi connectivity index (χ4v) is 2.28. The number of methoxy groups -OCH3 is 1. The highest BCUT2D eigenvalue weighted by molar-refractivity contribution is 6.05. The second-order valence-electron chi connectivity index (χ2n) is 5.00. The number of carbonyl (C=O) groups is 1. The molecule has 1 aromatic carbocycles. The summed E-state index contributed by atoms with van der Waals surface area (Å²) in [7, 11) is 1.59. The monoisotopic (exact) mass is 296 g/mol. The molecule has 0 fully saturated rings. The van der Waals surface area contributed by atoms with Gasteiger partial charge in [-0.25, -0.2) is 9.50 Å². The molecule has 0 unspecified atom stereocenters. The normalized spacial score (nSPS) is 10.7. The molecule has 6 nitrogen and oxygen atoms in total. The molecule has 3 aromatic rings. The topological polar surface area (TPSA) is 68.5 Å². The van der Waals surface area contributed by atoms with Gasteiger partial charge in [-0.2, -0.15) is 5.10 Å². The summed E-state index contributed by atoms with van der Waals surface area (Å²) in [6.45, 7) is 3.74. The summed E-state index contributed by atoms with van der Waals surface area (Å²) >= 11 is 0. The average Bonchev–Trinajstić information content (AvgIpc) is 2.89. The summed E-state index contributed by atoms with van der Waals surface area (Å²) in [4.78, 5) is 16.7. The molecule has 0 saturated heterocycles. The minimum absolute atomic E-state index is 0.228. The second kappa shape index (κ2) is 5.48. The van der Waals surface area contributed by atoms with Gasteiger partial charge in [0.2, 0.25) is 0 Å². The number of ether oxygens (including phenoxy) is 1. The largest absolute Gasteiger partial charge is 0.497 e. The summed E-state index contributed by atoms with van der Waals surface area (Å²) < 4.78 is 6.82. The molecule has 0 atom stereocenters. The Morgan fingerprint density at radius 1 is 1.27 bits per heavy atom. The smallest absolute Gasteiger partial charge is 0.259 e. The summed E-state index contributed by atoms with van der Waals surface area (Å²) in [5.41, 5.74) is 3.49. The maximum Gasteiger partial charge on any atom is 0.259 e. The lowest BCUT2D eigenvalue weighted by Crippen LogP contribution is -2.16. The van der Waals surface area contributed by atoms with Crippen LogP contribution in [-0.4, -0.2) is 27.6 Å². The van der Waals surface area contributed by atoms with Crippen molar-refractivity contribution >= 4 is 17.2 Å². The van der Waals surface area contributed by atoms with Gasteiger partial charge in [-0.05, 0) is 26.0 Å². The molecule has 0 spiro atoms. The minimum atomic E-state index is -0.228. The van der Waals surface area contributed by atoms with E-state index in [1.54, 1.807) is 30.0 Å². The number of benzene rings is 1. The number of aryl methyl sites for hydroxylation is 2.